The van der Waals surface area contributed by atoms with Gasteiger partial charge in [0.05, 0.1) is 0 Å². The van der Waals surface area contributed by atoms with E-state index in [2.05, 4.69) is 38.2 Å². The maximum absolute atomic E-state index is 5.92. The highest BCUT2D eigenvalue weighted by atomic mass is 35.5. The fourth-order valence-corrected chi connectivity index (χ4v) is 2.96. The van der Waals surface area contributed by atoms with E-state index in [9.17, 15) is 0 Å². The smallest absolute Gasteiger partial charge is 0.0406 e. The number of rotatable bonds is 6. The summed E-state index contributed by atoms with van der Waals surface area (Å²) in [7, 11) is 0. The molecule has 1 aliphatic rings. The van der Waals surface area contributed by atoms with Gasteiger partial charge in [0.2, 0.25) is 0 Å². The van der Waals surface area contributed by atoms with Crippen LogP contribution in [-0.2, 0) is 0 Å². The summed E-state index contributed by atoms with van der Waals surface area (Å²) in [5.41, 5.74) is 1.44. The number of hydrogen-bond donors (Lipinski definition) is 1. The zero-order chi connectivity index (χ0) is 13.8. The van der Waals surface area contributed by atoms with Crippen LogP contribution < -0.4 is 5.32 Å². The van der Waals surface area contributed by atoms with Crippen molar-refractivity contribution >= 4 is 11.6 Å². The minimum Gasteiger partial charge on any atom is -0.311 e. The predicted molar refractivity (Wildman–Crippen MR) is 83.9 cm³/mol. The molecule has 0 aliphatic heterocycles. The lowest BCUT2D eigenvalue weighted by molar-refractivity contribution is 0.261. The number of nitrogens with one attached hydrogen (secondary N) is 1. The Hall–Kier alpha value is -0.530. The van der Waals surface area contributed by atoms with Gasteiger partial charge in [0.25, 0.3) is 0 Å². The maximum Gasteiger partial charge on any atom is 0.0406 e. The molecule has 1 fully saturated rings. The summed E-state index contributed by atoms with van der Waals surface area (Å²) in [4.78, 5) is 0. The monoisotopic (exact) mass is 279 g/mol. The van der Waals surface area contributed by atoms with Crippen molar-refractivity contribution in [3.8, 4) is 0 Å². The van der Waals surface area contributed by atoms with Gasteiger partial charge < -0.3 is 5.32 Å². The quantitative estimate of drug-likeness (QED) is 0.773. The highest BCUT2D eigenvalue weighted by Gasteiger charge is 2.30. The first-order valence-corrected chi connectivity index (χ1v) is 7.94. The van der Waals surface area contributed by atoms with Crippen LogP contribution in [-0.4, -0.2) is 12.1 Å². The molecular weight excluding hydrogens is 254 g/mol. The summed E-state index contributed by atoms with van der Waals surface area (Å²) < 4.78 is 0. The van der Waals surface area contributed by atoms with Gasteiger partial charge >= 0.3 is 0 Å². The third-order valence-corrected chi connectivity index (χ3v) is 4.43. The second kappa shape index (κ2) is 6.76. The van der Waals surface area contributed by atoms with E-state index in [1.807, 2.05) is 12.1 Å². The van der Waals surface area contributed by atoms with Crippen LogP contribution in [0.4, 0.5) is 0 Å². The van der Waals surface area contributed by atoms with Gasteiger partial charge in [-0.05, 0) is 62.1 Å². The Kier molecular flexibility index (Phi) is 5.29. The van der Waals surface area contributed by atoms with E-state index >= 15 is 0 Å². The van der Waals surface area contributed by atoms with Gasteiger partial charge in [-0.3, -0.25) is 0 Å². The van der Waals surface area contributed by atoms with Crippen LogP contribution in [0.2, 0.25) is 5.02 Å². The van der Waals surface area contributed by atoms with Crippen LogP contribution in [0, 0.1) is 5.92 Å². The normalized spacial score (nSPS) is 24.3. The summed E-state index contributed by atoms with van der Waals surface area (Å²) >= 11 is 5.92. The third kappa shape index (κ3) is 4.50. The molecule has 1 aromatic carbocycles. The minimum atomic E-state index is 0.651. The molecule has 1 nitrogen and oxygen atoms in total. The minimum absolute atomic E-state index is 0.651. The number of hydrogen-bond acceptors (Lipinski definition) is 1. The first kappa shape index (κ1) is 14.9. The highest BCUT2D eigenvalue weighted by molar-refractivity contribution is 6.30. The Balaban J connectivity index is 1.70. The van der Waals surface area contributed by atoms with Crippen molar-refractivity contribution in [3.05, 3.63) is 34.9 Å². The molecule has 0 spiro atoms. The van der Waals surface area contributed by atoms with Crippen LogP contribution in [0.1, 0.15) is 57.9 Å². The molecule has 1 aliphatic carbocycles. The van der Waals surface area contributed by atoms with Crippen molar-refractivity contribution in [2.45, 2.75) is 64.5 Å². The molecule has 1 saturated carbocycles. The summed E-state index contributed by atoms with van der Waals surface area (Å²) in [5.74, 6) is 1.54. The second-order valence-electron chi connectivity index (χ2n) is 6.46. The topological polar surface area (TPSA) is 12.0 Å². The van der Waals surface area contributed by atoms with Crippen molar-refractivity contribution < 1.29 is 0 Å². The molecular formula is C17H26ClN. The van der Waals surface area contributed by atoms with E-state index in [-0.39, 0.29) is 0 Å². The Morgan fingerprint density at radius 2 is 1.74 bits per heavy atom. The lowest BCUT2D eigenvalue weighted by Crippen LogP contribution is -2.44. The average Bonchev–Trinajstić information content (AvgIpc) is 2.32. The number of benzene rings is 1. The van der Waals surface area contributed by atoms with Crippen LogP contribution in [0.5, 0.6) is 0 Å². The van der Waals surface area contributed by atoms with E-state index in [0.717, 1.165) is 16.9 Å². The summed E-state index contributed by atoms with van der Waals surface area (Å²) in [6.45, 7) is 6.91. The molecule has 1 aromatic rings. The highest BCUT2D eigenvalue weighted by Crippen LogP contribution is 2.37. The SMILES string of the molecule is CC(C)CCC(C)NC1CC(c2ccc(Cl)cc2)C1. The standard InChI is InChI=1S/C17H26ClN/c1-12(2)4-5-13(3)19-17-10-15(11-17)14-6-8-16(18)9-7-14/h6-9,12-13,15,17,19H,4-5,10-11H2,1-3H3. The Morgan fingerprint density at radius 1 is 1.11 bits per heavy atom. The largest absolute Gasteiger partial charge is 0.311 e. The first-order chi connectivity index (χ1) is 9.04. The van der Waals surface area contributed by atoms with E-state index in [1.165, 1.54) is 31.2 Å². The third-order valence-electron chi connectivity index (χ3n) is 4.18. The molecule has 106 valence electrons. The summed E-state index contributed by atoms with van der Waals surface area (Å²) in [6, 6.07) is 9.71. The van der Waals surface area contributed by atoms with Gasteiger partial charge in [-0.1, -0.05) is 37.6 Å². The zero-order valence-corrected chi connectivity index (χ0v) is 13.1. The van der Waals surface area contributed by atoms with Crippen molar-refractivity contribution in [1.82, 2.24) is 5.32 Å². The van der Waals surface area contributed by atoms with Crippen LogP contribution in [0.3, 0.4) is 0 Å². The average molecular weight is 280 g/mol. The van der Waals surface area contributed by atoms with Gasteiger partial charge in [0, 0.05) is 17.1 Å². The molecule has 19 heavy (non-hydrogen) atoms. The number of halogens is 1. The van der Waals surface area contributed by atoms with Crippen molar-refractivity contribution in [2.24, 2.45) is 5.92 Å². The molecule has 0 radical (unpaired) electrons. The molecule has 1 atom stereocenters. The van der Waals surface area contributed by atoms with E-state index < -0.39 is 0 Å². The van der Waals surface area contributed by atoms with E-state index in [0.29, 0.717) is 12.1 Å². The molecule has 2 heteroatoms. The fourth-order valence-electron chi connectivity index (χ4n) is 2.83. The fraction of sp³-hybridized carbons (Fsp3) is 0.647. The Labute approximate surface area is 122 Å². The predicted octanol–water partition coefficient (Wildman–Crippen LogP) is 5.00. The first-order valence-electron chi connectivity index (χ1n) is 7.56. The molecule has 1 N–H and O–H groups in total. The zero-order valence-electron chi connectivity index (χ0n) is 12.3. The maximum atomic E-state index is 5.92. The van der Waals surface area contributed by atoms with E-state index in [4.69, 9.17) is 11.6 Å². The molecule has 0 aromatic heterocycles. The lowest BCUT2D eigenvalue weighted by atomic mass is 9.75. The molecule has 1 unspecified atom stereocenters. The molecule has 0 amide bonds. The molecule has 0 heterocycles. The van der Waals surface area contributed by atoms with Crippen LogP contribution in [0.25, 0.3) is 0 Å². The van der Waals surface area contributed by atoms with Gasteiger partial charge in [-0.2, -0.15) is 0 Å². The Bertz CT molecular complexity index is 379. The van der Waals surface area contributed by atoms with Crippen molar-refractivity contribution in [3.63, 3.8) is 0 Å². The molecule has 0 saturated heterocycles. The summed E-state index contributed by atoms with van der Waals surface area (Å²) in [5, 5.41) is 4.59. The van der Waals surface area contributed by atoms with Crippen molar-refractivity contribution in [2.75, 3.05) is 0 Å². The summed E-state index contributed by atoms with van der Waals surface area (Å²) in [6.07, 6.45) is 5.16. The van der Waals surface area contributed by atoms with E-state index in [1.54, 1.807) is 0 Å². The van der Waals surface area contributed by atoms with Crippen LogP contribution >= 0.6 is 11.6 Å². The Morgan fingerprint density at radius 3 is 2.32 bits per heavy atom. The van der Waals surface area contributed by atoms with Gasteiger partial charge in [0.15, 0.2) is 0 Å². The van der Waals surface area contributed by atoms with Gasteiger partial charge in [-0.15, -0.1) is 0 Å². The molecule has 0 bridgehead atoms. The van der Waals surface area contributed by atoms with Crippen LogP contribution in [0.15, 0.2) is 24.3 Å². The lowest BCUT2D eigenvalue weighted by Gasteiger charge is -2.38. The second-order valence-corrected chi connectivity index (χ2v) is 6.89. The van der Waals surface area contributed by atoms with Gasteiger partial charge in [0.1, 0.15) is 0 Å². The van der Waals surface area contributed by atoms with Gasteiger partial charge in [-0.25, -0.2) is 0 Å². The van der Waals surface area contributed by atoms with Crippen molar-refractivity contribution in [1.29, 1.82) is 0 Å². The molecule has 2 rings (SSSR count).